The van der Waals surface area contributed by atoms with Gasteiger partial charge in [-0.05, 0) is 32.0 Å². The van der Waals surface area contributed by atoms with Gasteiger partial charge in [0.25, 0.3) is 5.91 Å². The molecule has 0 aromatic carbocycles. The van der Waals surface area contributed by atoms with Crippen molar-refractivity contribution in [3.05, 3.63) is 36.0 Å². The number of nitrogens with one attached hydrogen (secondary N) is 2. The summed E-state index contributed by atoms with van der Waals surface area (Å²) in [5, 5.41) is 10.6. The Morgan fingerprint density at radius 1 is 1.52 bits per heavy atom. The van der Waals surface area contributed by atoms with E-state index in [4.69, 9.17) is 4.42 Å². The van der Waals surface area contributed by atoms with Gasteiger partial charge >= 0.3 is 0 Å². The number of hydrogen-bond donors (Lipinski definition) is 2. The molecule has 0 atom stereocenters. The van der Waals surface area contributed by atoms with Crippen LogP contribution in [0.1, 0.15) is 41.9 Å². The zero-order valence-corrected chi connectivity index (χ0v) is 12.1. The molecule has 2 aromatic rings. The third-order valence-corrected chi connectivity index (χ3v) is 3.85. The molecule has 0 unspecified atom stereocenters. The summed E-state index contributed by atoms with van der Waals surface area (Å²) < 4.78 is 7.24. The minimum atomic E-state index is -0.148. The van der Waals surface area contributed by atoms with Gasteiger partial charge in [0.1, 0.15) is 5.76 Å². The van der Waals surface area contributed by atoms with E-state index < -0.39 is 0 Å². The highest BCUT2D eigenvalue weighted by Gasteiger charge is 2.17. The fraction of sp³-hybridized carbons (Fsp3) is 0.467. The second-order valence-electron chi connectivity index (χ2n) is 5.26. The molecule has 1 fully saturated rings. The number of hydrogen-bond acceptors (Lipinski definition) is 4. The molecule has 1 aliphatic heterocycles. The zero-order valence-electron chi connectivity index (χ0n) is 12.1. The Bertz CT molecular complexity index is 611. The van der Waals surface area contributed by atoms with Crippen molar-refractivity contribution in [2.24, 2.45) is 0 Å². The topological polar surface area (TPSA) is 72.1 Å². The van der Waals surface area contributed by atoms with Gasteiger partial charge < -0.3 is 15.1 Å². The van der Waals surface area contributed by atoms with Gasteiger partial charge in [0.2, 0.25) is 0 Å². The first-order valence-corrected chi connectivity index (χ1v) is 7.40. The van der Waals surface area contributed by atoms with Crippen LogP contribution in [0.5, 0.6) is 0 Å². The number of rotatable bonds is 4. The maximum Gasteiger partial charge on any atom is 0.259 e. The first-order valence-electron chi connectivity index (χ1n) is 7.40. The second kappa shape index (κ2) is 6.13. The zero-order chi connectivity index (χ0) is 14.7. The fourth-order valence-electron chi connectivity index (χ4n) is 2.69. The molecule has 3 heterocycles. The normalized spacial score (nSPS) is 16.0. The first kappa shape index (κ1) is 13.9. The van der Waals surface area contributed by atoms with Crippen LogP contribution in [0.15, 0.2) is 29.1 Å². The molecule has 2 N–H and O–H groups in total. The van der Waals surface area contributed by atoms with E-state index in [1.807, 2.05) is 17.8 Å². The highest BCUT2D eigenvalue weighted by Crippen LogP contribution is 2.20. The van der Waals surface area contributed by atoms with E-state index in [9.17, 15) is 4.79 Å². The average Bonchev–Trinajstić information content (AvgIpc) is 3.16. The average molecular weight is 288 g/mol. The summed E-state index contributed by atoms with van der Waals surface area (Å²) in [6.07, 6.45) is 7.98. The molecule has 1 aliphatic rings. The summed E-state index contributed by atoms with van der Waals surface area (Å²) in [7, 11) is 0. The van der Waals surface area contributed by atoms with Crippen molar-refractivity contribution in [2.45, 2.75) is 32.2 Å². The number of carbonyl (C=O) groups is 1. The summed E-state index contributed by atoms with van der Waals surface area (Å²) in [6, 6.07) is 2.11. The molecular formula is C15H20N4O2. The highest BCUT2D eigenvalue weighted by atomic mass is 16.3. The molecule has 6 heteroatoms. The third kappa shape index (κ3) is 3.00. The molecule has 0 aliphatic carbocycles. The summed E-state index contributed by atoms with van der Waals surface area (Å²) >= 11 is 0. The standard InChI is InChI=1S/C15H20N4O2/c1-2-14-13(5-8-21-14)15(20)18-11-9-17-19(10-11)12-3-6-16-7-4-12/h5,8-10,12,16H,2-4,6-7H2,1H3,(H,18,20). The summed E-state index contributed by atoms with van der Waals surface area (Å²) in [6.45, 7) is 3.99. The molecule has 1 amide bonds. The van der Waals surface area contributed by atoms with Crippen LogP contribution >= 0.6 is 0 Å². The van der Waals surface area contributed by atoms with Crippen molar-refractivity contribution in [3.8, 4) is 0 Å². The molecule has 21 heavy (non-hydrogen) atoms. The van der Waals surface area contributed by atoms with Crippen molar-refractivity contribution >= 4 is 11.6 Å². The Balaban J connectivity index is 1.68. The van der Waals surface area contributed by atoms with Gasteiger partial charge in [0.05, 0.1) is 29.8 Å². The van der Waals surface area contributed by atoms with Crippen molar-refractivity contribution in [1.82, 2.24) is 15.1 Å². The largest absolute Gasteiger partial charge is 0.469 e. The van der Waals surface area contributed by atoms with E-state index in [-0.39, 0.29) is 5.91 Å². The number of amides is 1. The fourth-order valence-corrected chi connectivity index (χ4v) is 2.69. The van der Waals surface area contributed by atoms with Crippen LogP contribution in [-0.2, 0) is 6.42 Å². The Morgan fingerprint density at radius 2 is 2.33 bits per heavy atom. The van der Waals surface area contributed by atoms with Gasteiger partial charge in [-0.2, -0.15) is 5.10 Å². The summed E-state index contributed by atoms with van der Waals surface area (Å²) in [5.41, 5.74) is 1.31. The van der Waals surface area contributed by atoms with Crippen LogP contribution in [0.4, 0.5) is 5.69 Å². The molecule has 0 radical (unpaired) electrons. The SMILES string of the molecule is CCc1occc1C(=O)Nc1cnn(C2CCNCC2)c1. The lowest BCUT2D eigenvalue weighted by Gasteiger charge is -2.22. The van der Waals surface area contributed by atoms with Crippen molar-refractivity contribution < 1.29 is 9.21 Å². The van der Waals surface area contributed by atoms with Crippen LogP contribution in [0.2, 0.25) is 0 Å². The Hall–Kier alpha value is -2.08. The van der Waals surface area contributed by atoms with Gasteiger partial charge in [0.15, 0.2) is 0 Å². The molecular weight excluding hydrogens is 268 g/mol. The monoisotopic (exact) mass is 288 g/mol. The van der Waals surface area contributed by atoms with Gasteiger partial charge in [-0.15, -0.1) is 0 Å². The second-order valence-corrected chi connectivity index (χ2v) is 5.26. The van der Waals surface area contributed by atoms with Crippen LogP contribution in [0.25, 0.3) is 0 Å². The minimum Gasteiger partial charge on any atom is -0.469 e. The van der Waals surface area contributed by atoms with E-state index >= 15 is 0 Å². The van der Waals surface area contributed by atoms with Gasteiger partial charge in [-0.25, -0.2) is 0 Å². The molecule has 1 saturated heterocycles. The van der Waals surface area contributed by atoms with E-state index in [0.717, 1.165) is 31.6 Å². The third-order valence-electron chi connectivity index (χ3n) is 3.85. The van der Waals surface area contributed by atoms with Crippen LogP contribution in [0.3, 0.4) is 0 Å². The van der Waals surface area contributed by atoms with E-state index in [0.29, 0.717) is 23.8 Å². The highest BCUT2D eigenvalue weighted by molar-refractivity contribution is 6.04. The van der Waals surface area contributed by atoms with Crippen LogP contribution in [0, 0.1) is 0 Å². The lowest BCUT2D eigenvalue weighted by Crippen LogP contribution is -2.29. The van der Waals surface area contributed by atoms with Gasteiger partial charge in [-0.1, -0.05) is 6.92 Å². The number of piperidine rings is 1. The van der Waals surface area contributed by atoms with Gasteiger partial charge in [-0.3, -0.25) is 9.48 Å². The van der Waals surface area contributed by atoms with Gasteiger partial charge in [0, 0.05) is 12.6 Å². The van der Waals surface area contributed by atoms with Crippen molar-refractivity contribution in [1.29, 1.82) is 0 Å². The number of carbonyl (C=O) groups excluding carboxylic acids is 1. The molecule has 3 rings (SSSR count). The molecule has 2 aromatic heterocycles. The summed E-state index contributed by atoms with van der Waals surface area (Å²) in [5.74, 6) is 0.559. The quantitative estimate of drug-likeness (QED) is 0.905. The maximum absolute atomic E-state index is 12.2. The predicted octanol–water partition coefficient (Wildman–Crippen LogP) is 2.22. The number of aromatic nitrogens is 2. The molecule has 112 valence electrons. The van der Waals surface area contributed by atoms with E-state index in [2.05, 4.69) is 15.7 Å². The Kier molecular flexibility index (Phi) is 4.06. The number of furan rings is 1. The number of anilines is 1. The van der Waals surface area contributed by atoms with Crippen LogP contribution < -0.4 is 10.6 Å². The Morgan fingerprint density at radius 3 is 3.10 bits per heavy atom. The van der Waals surface area contributed by atoms with Crippen molar-refractivity contribution in [3.63, 3.8) is 0 Å². The smallest absolute Gasteiger partial charge is 0.259 e. The lowest BCUT2D eigenvalue weighted by atomic mass is 10.1. The molecule has 6 nitrogen and oxygen atoms in total. The molecule has 0 saturated carbocycles. The van der Waals surface area contributed by atoms with Crippen LogP contribution in [-0.4, -0.2) is 28.8 Å². The lowest BCUT2D eigenvalue weighted by molar-refractivity contribution is 0.102. The summed E-state index contributed by atoms with van der Waals surface area (Å²) in [4.78, 5) is 12.2. The number of nitrogens with zero attached hydrogens (tertiary/aromatic N) is 2. The molecule has 0 bridgehead atoms. The maximum atomic E-state index is 12.2. The van der Waals surface area contributed by atoms with Crippen molar-refractivity contribution in [2.75, 3.05) is 18.4 Å². The Labute approximate surface area is 123 Å². The first-order chi connectivity index (χ1) is 10.3. The number of aryl methyl sites for hydroxylation is 1. The van der Waals surface area contributed by atoms with E-state index in [1.165, 1.54) is 0 Å². The molecule has 0 spiro atoms. The van der Waals surface area contributed by atoms with E-state index in [1.54, 1.807) is 18.5 Å². The minimum absolute atomic E-state index is 0.148. The predicted molar refractivity (Wildman–Crippen MR) is 79.4 cm³/mol.